The van der Waals surface area contributed by atoms with Crippen molar-refractivity contribution in [2.45, 2.75) is 0 Å². The molecule has 0 unspecified atom stereocenters. The molecule has 0 bridgehead atoms. The van der Waals surface area contributed by atoms with Gasteiger partial charge >= 0.3 is 5.97 Å². The van der Waals surface area contributed by atoms with Crippen molar-refractivity contribution in [1.29, 1.82) is 0 Å². The molecule has 6 heteroatoms. The second kappa shape index (κ2) is 7.09. The van der Waals surface area contributed by atoms with E-state index >= 15 is 0 Å². The third-order valence-corrected chi connectivity index (χ3v) is 3.67. The maximum atomic E-state index is 12.1. The van der Waals surface area contributed by atoms with Crippen molar-refractivity contribution in [3.05, 3.63) is 59.3 Å². The van der Waals surface area contributed by atoms with Crippen LogP contribution in [0.2, 0.25) is 0 Å². The Morgan fingerprint density at radius 2 is 1.64 bits per heavy atom. The number of rotatable bonds is 5. The molecule has 0 radical (unpaired) electrons. The van der Waals surface area contributed by atoms with Crippen LogP contribution >= 0.6 is 0 Å². The number of hydrogen-bond acceptors (Lipinski definition) is 6. The lowest BCUT2D eigenvalue weighted by atomic mass is 10.1. The Labute approximate surface area is 145 Å². The van der Waals surface area contributed by atoms with Gasteiger partial charge in [-0.2, -0.15) is 0 Å². The third-order valence-electron chi connectivity index (χ3n) is 3.67. The predicted octanol–water partition coefficient (Wildman–Crippen LogP) is 3.06. The average molecular weight is 339 g/mol. The summed E-state index contributed by atoms with van der Waals surface area (Å²) in [6.07, 6.45) is 1.63. The van der Waals surface area contributed by atoms with E-state index < -0.39 is 5.97 Å². The van der Waals surface area contributed by atoms with E-state index in [9.17, 15) is 4.79 Å². The van der Waals surface area contributed by atoms with Gasteiger partial charge in [-0.15, -0.1) is 0 Å². The third kappa shape index (κ3) is 3.33. The fraction of sp³-hybridized carbons (Fsp3) is 0.158. The maximum Gasteiger partial charge on any atom is 0.363 e. The lowest BCUT2D eigenvalue weighted by molar-refractivity contribution is -0.129. The first-order valence-corrected chi connectivity index (χ1v) is 7.54. The van der Waals surface area contributed by atoms with Crippen LogP contribution in [-0.2, 0) is 9.53 Å². The van der Waals surface area contributed by atoms with Gasteiger partial charge in [-0.1, -0.05) is 18.2 Å². The number of para-hydroxylation sites is 1. The summed E-state index contributed by atoms with van der Waals surface area (Å²) in [4.78, 5) is 16.4. The van der Waals surface area contributed by atoms with Crippen LogP contribution in [0.1, 0.15) is 11.1 Å². The summed E-state index contributed by atoms with van der Waals surface area (Å²) in [6, 6.07) is 12.5. The van der Waals surface area contributed by atoms with Gasteiger partial charge in [0.25, 0.3) is 0 Å². The van der Waals surface area contributed by atoms with Crippen LogP contribution in [0.15, 0.2) is 53.2 Å². The van der Waals surface area contributed by atoms with Gasteiger partial charge in [0.15, 0.2) is 17.2 Å². The first kappa shape index (κ1) is 16.6. The first-order valence-electron chi connectivity index (χ1n) is 7.54. The van der Waals surface area contributed by atoms with E-state index in [0.717, 1.165) is 5.56 Å². The van der Waals surface area contributed by atoms with Gasteiger partial charge < -0.3 is 18.9 Å². The van der Waals surface area contributed by atoms with Crippen LogP contribution in [0, 0.1) is 0 Å². The molecule has 128 valence electrons. The van der Waals surface area contributed by atoms with Crippen molar-refractivity contribution >= 4 is 17.9 Å². The van der Waals surface area contributed by atoms with Crippen LogP contribution in [0.5, 0.6) is 17.2 Å². The van der Waals surface area contributed by atoms with E-state index in [2.05, 4.69) is 4.99 Å². The second-order valence-electron chi connectivity index (χ2n) is 5.15. The molecule has 0 atom stereocenters. The highest BCUT2D eigenvalue weighted by Crippen LogP contribution is 2.30. The molecule has 0 aliphatic carbocycles. The zero-order chi connectivity index (χ0) is 17.8. The van der Waals surface area contributed by atoms with Crippen molar-refractivity contribution in [3.63, 3.8) is 0 Å². The minimum atomic E-state index is -0.518. The Hall–Kier alpha value is -3.28. The fourth-order valence-electron chi connectivity index (χ4n) is 2.45. The normalized spacial score (nSPS) is 14.9. The van der Waals surface area contributed by atoms with Crippen molar-refractivity contribution in [2.24, 2.45) is 4.99 Å². The van der Waals surface area contributed by atoms with Gasteiger partial charge in [0, 0.05) is 0 Å². The van der Waals surface area contributed by atoms with Crippen LogP contribution < -0.4 is 14.2 Å². The summed E-state index contributed by atoms with van der Waals surface area (Å²) in [5.41, 5.74) is 1.57. The quantitative estimate of drug-likeness (QED) is 0.619. The lowest BCUT2D eigenvalue weighted by Crippen LogP contribution is -2.06. The number of ether oxygens (including phenoxy) is 4. The molecule has 1 aliphatic heterocycles. The second-order valence-corrected chi connectivity index (χ2v) is 5.15. The van der Waals surface area contributed by atoms with E-state index in [0.29, 0.717) is 22.8 Å². The molecule has 0 spiro atoms. The molecule has 3 rings (SSSR count). The van der Waals surface area contributed by atoms with Gasteiger partial charge in [-0.3, -0.25) is 0 Å². The summed E-state index contributed by atoms with van der Waals surface area (Å²) in [5, 5.41) is 0. The highest BCUT2D eigenvalue weighted by molar-refractivity contribution is 6.13. The van der Waals surface area contributed by atoms with E-state index in [1.165, 1.54) is 0 Å². The van der Waals surface area contributed by atoms with Gasteiger partial charge in [-0.25, -0.2) is 9.79 Å². The molecule has 0 fully saturated rings. The number of benzene rings is 2. The number of cyclic esters (lactones) is 1. The number of methoxy groups -OCH3 is 3. The molecule has 0 N–H and O–H groups in total. The summed E-state index contributed by atoms with van der Waals surface area (Å²) < 4.78 is 21.0. The molecule has 6 nitrogen and oxygen atoms in total. The molecule has 1 heterocycles. The van der Waals surface area contributed by atoms with E-state index in [1.54, 1.807) is 57.7 Å². The molecular formula is C19H17NO5. The van der Waals surface area contributed by atoms with Gasteiger partial charge in [0.2, 0.25) is 5.90 Å². The average Bonchev–Trinajstić information content (AvgIpc) is 3.01. The lowest BCUT2D eigenvalue weighted by Gasteiger charge is -2.07. The zero-order valence-electron chi connectivity index (χ0n) is 14.1. The van der Waals surface area contributed by atoms with E-state index in [-0.39, 0.29) is 11.6 Å². The molecular weight excluding hydrogens is 322 g/mol. The van der Waals surface area contributed by atoms with Crippen LogP contribution in [0.3, 0.4) is 0 Å². The van der Waals surface area contributed by atoms with Crippen molar-refractivity contribution < 1.29 is 23.7 Å². The molecule has 2 aromatic carbocycles. The molecule has 0 saturated heterocycles. The molecule has 2 aromatic rings. The number of esters is 1. The number of aliphatic imine (C=N–C) groups is 1. The van der Waals surface area contributed by atoms with Crippen LogP contribution in [-0.4, -0.2) is 33.2 Å². The van der Waals surface area contributed by atoms with E-state index in [4.69, 9.17) is 18.9 Å². The Morgan fingerprint density at radius 1 is 0.920 bits per heavy atom. The summed E-state index contributed by atoms with van der Waals surface area (Å²) in [5.74, 6) is 1.46. The van der Waals surface area contributed by atoms with Crippen molar-refractivity contribution in [2.75, 3.05) is 21.3 Å². The van der Waals surface area contributed by atoms with Gasteiger partial charge in [0.05, 0.1) is 26.9 Å². The van der Waals surface area contributed by atoms with Gasteiger partial charge in [-0.05, 0) is 35.9 Å². The maximum absolute atomic E-state index is 12.1. The Kier molecular flexibility index (Phi) is 4.70. The summed E-state index contributed by atoms with van der Waals surface area (Å²) in [6.45, 7) is 0. The highest BCUT2D eigenvalue weighted by Gasteiger charge is 2.26. The molecule has 0 aromatic heterocycles. The minimum absolute atomic E-state index is 0.202. The Morgan fingerprint density at radius 3 is 2.36 bits per heavy atom. The van der Waals surface area contributed by atoms with Crippen molar-refractivity contribution in [3.8, 4) is 17.2 Å². The summed E-state index contributed by atoms with van der Waals surface area (Å²) >= 11 is 0. The van der Waals surface area contributed by atoms with Crippen molar-refractivity contribution in [1.82, 2.24) is 0 Å². The monoisotopic (exact) mass is 339 g/mol. The van der Waals surface area contributed by atoms with Gasteiger partial charge in [0.1, 0.15) is 5.75 Å². The topological polar surface area (TPSA) is 66.3 Å². The number of hydrogen-bond donors (Lipinski definition) is 0. The standard InChI is InChI=1S/C19H17NO5/c1-22-15-7-5-4-6-13(15)18-20-14(19(21)25-18)10-12-8-9-16(23-2)17(11-12)24-3/h4-11H,1-3H3/b14-10-. The molecule has 1 aliphatic rings. The minimum Gasteiger partial charge on any atom is -0.496 e. The highest BCUT2D eigenvalue weighted by atomic mass is 16.6. The molecule has 0 saturated carbocycles. The zero-order valence-corrected chi connectivity index (χ0v) is 14.1. The fourth-order valence-corrected chi connectivity index (χ4v) is 2.45. The van der Waals surface area contributed by atoms with Crippen LogP contribution in [0.4, 0.5) is 0 Å². The molecule has 25 heavy (non-hydrogen) atoms. The smallest absolute Gasteiger partial charge is 0.363 e. The first-order chi connectivity index (χ1) is 12.2. The largest absolute Gasteiger partial charge is 0.496 e. The molecule has 0 amide bonds. The number of nitrogens with zero attached hydrogens (tertiary/aromatic N) is 1. The number of carbonyl (C=O) groups excluding carboxylic acids is 1. The Balaban J connectivity index is 1.96. The SMILES string of the molecule is COc1ccc(/C=C2\N=C(c3ccccc3OC)OC2=O)cc1OC. The predicted molar refractivity (Wildman–Crippen MR) is 93.1 cm³/mol. The number of carbonyl (C=O) groups is 1. The Bertz CT molecular complexity index is 870. The summed E-state index contributed by atoms with van der Waals surface area (Å²) in [7, 11) is 4.67. The van der Waals surface area contributed by atoms with Crippen LogP contribution in [0.25, 0.3) is 6.08 Å². The van der Waals surface area contributed by atoms with E-state index in [1.807, 2.05) is 12.1 Å².